The molecule has 0 saturated carbocycles. The van der Waals surface area contributed by atoms with Crippen LogP contribution in [-0.4, -0.2) is 13.1 Å². The Labute approximate surface area is 117 Å². The number of halogens is 2. The summed E-state index contributed by atoms with van der Waals surface area (Å²) in [7, 11) is 0. The van der Waals surface area contributed by atoms with Crippen molar-refractivity contribution in [2.24, 2.45) is 5.73 Å². The molecule has 0 heterocycles. The lowest BCUT2D eigenvalue weighted by Crippen LogP contribution is -2.25. The van der Waals surface area contributed by atoms with Gasteiger partial charge >= 0.3 is 0 Å². The molecule has 0 fully saturated rings. The molecule has 0 bridgehead atoms. The van der Waals surface area contributed by atoms with Gasteiger partial charge in [0.25, 0.3) is 0 Å². The molecule has 0 amide bonds. The Morgan fingerprint density at radius 3 is 2.20 bits per heavy atom. The summed E-state index contributed by atoms with van der Waals surface area (Å²) in [5, 5.41) is 0. The van der Waals surface area contributed by atoms with Gasteiger partial charge in [0.1, 0.15) is 11.6 Å². The molecule has 0 saturated heterocycles. The number of para-hydroxylation sites is 1. The van der Waals surface area contributed by atoms with Gasteiger partial charge in [-0.2, -0.15) is 0 Å². The monoisotopic (exact) mass is 276 g/mol. The quantitative estimate of drug-likeness (QED) is 0.877. The summed E-state index contributed by atoms with van der Waals surface area (Å²) >= 11 is 0. The molecule has 106 valence electrons. The molecule has 2 aromatic carbocycles. The number of benzene rings is 2. The fraction of sp³-hybridized carbons (Fsp3) is 0.250. The Balaban J connectivity index is 2.19. The second-order valence-electron chi connectivity index (χ2n) is 4.68. The normalized spacial score (nSPS) is 10.6. The lowest BCUT2D eigenvalue weighted by molar-refractivity contribution is 0.578. The maximum absolute atomic E-state index is 13.3. The van der Waals surface area contributed by atoms with Crippen molar-refractivity contribution in [1.82, 2.24) is 0 Å². The van der Waals surface area contributed by atoms with Crippen LogP contribution in [0.4, 0.5) is 14.5 Å². The van der Waals surface area contributed by atoms with E-state index in [9.17, 15) is 8.78 Å². The van der Waals surface area contributed by atoms with E-state index in [4.69, 9.17) is 5.73 Å². The summed E-state index contributed by atoms with van der Waals surface area (Å²) in [4.78, 5) is 2.07. The maximum Gasteiger partial charge on any atom is 0.126 e. The number of rotatable bonds is 6. The van der Waals surface area contributed by atoms with Gasteiger partial charge < -0.3 is 10.6 Å². The number of anilines is 1. The van der Waals surface area contributed by atoms with E-state index in [0.29, 0.717) is 18.7 Å². The van der Waals surface area contributed by atoms with Crippen LogP contribution in [0.3, 0.4) is 0 Å². The van der Waals surface area contributed by atoms with Crippen molar-refractivity contribution in [3.05, 3.63) is 65.7 Å². The average molecular weight is 276 g/mol. The summed E-state index contributed by atoms with van der Waals surface area (Å²) < 4.78 is 26.5. The molecule has 0 aliphatic rings. The third kappa shape index (κ3) is 4.03. The molecule has 20 heavy (non-hydrogen) atoms. The highest BCUT2D eigenvalue weighted by Gasteiger charge is 2.08. The van der Waals surface area contributed by atoms with E-state index in [1.165, 1.54) is 12.1 Å². The van der Waals surface area contributed by atoms with Gasteiger partial charge in [-0.25, -0.2) is 8.78 Å². The highest BCUT2D eigenvalue weighted by atomic mass is 19.1. The third-order valence-corrected chi connectivity index (χ3v) is 3.05. The smallest absolute Gasteiger partial charge is 0.126 e. The second kappa shape index (κ2) is 7.01. The van der Waals surface area contributed by atoms with Crippen LogP contribution in [0.15, 0.2) is 48.5 Å². The van der Waals surface area contributed by atoms with Gasteiger partial charge in [0.05, 0.1) is 0 Å². The van der Waals surface area contributed by atoms with Crippen molar-refractivity contribution in [2.45, 2.75) is 13.0 Å². The minimum Gasteiger partial charge on any atom is -0.367 e. The Kier molecular flexibility index (Phi) is 5.07. The van der Waals surface area contributed by atoms with Gasteiger partial charge in [0.2, 0.25) is 0 Å². The Morgan fingerprint density at radius 2 is 1.60 bits per heavy atom. The van der Waals surface area contributed by atoms with E-state index in [1.807, 2.05) is 30.3 Å². The Hall–Kier alpha value is -1.94. The maximum atomic E-state index is 13.3. The summed E-state index contributed by atoms with van der Waals surface area (Å²) in [6, 6.07) is 13.4. The lowest BCUT2D eigenvalue weighted by Gasteiger charge is -2.25. The topological polar surface area (TPSA) is 29.3 Å². The second-order valence-corrected chi connectivity index (χ2v) is 4.68. The SMILES string of the molecule is NCCCN(Cc1cc(F)cc(F)c1)c1ccccc1. The van der Waals surface area contributed by atoms with Gasteiger partial charge in [0, 0.05) is 24.8 Å². The summed E-state index contributed by atoms with van der Waals surface area (Å²) in [6.45, 7) is 1.79. The van der Waals surface area contributed by atoms with E-state index in [0.717, 1.165) is 24.7 Å². The van der Waals surface area contributed by atoms with Crippen molar-refractivity contribution in [1.29, 1.82) is 0 Å². The van der Waals surface area contributed by atoms with Crippen molar-refractivity contribution in [3.8, 4) is 0 Å². The highest BCUT2D eigenvalue weighted by molar-refractivity contribution is 5.46. The summed E-state index contributed by atoms with van der Waals surface area (Å²) in [5.74, 6) is -1.10. The number of nitrogens with two attached hydrogens (primary N) is 1. The van der Waals surface area contributed by atoms with Gasteiger partial charge in [-0.3, -0.25) is 0 Å². The molecule has 2 N–H and O–H groups in total. The standard InChI is InChI=1S/C16H18F2N2/c17-14-9-13(10-15(18)11-14)12-20(8-4-7-19)16-5-2-1-3-6-16/h1-3,5-6,9-11H,4,7-8,12,19H2. The van der Waals surface area contributed by atoms with Gasteiger partial charge in [-0.15, -0.1) is 0 Å². The zero-order chi connectivity index (χ0) is 14.4. The van der Waals surface area contributed by atoms with Crippen LogP contribution >= 0.6 is 0 Å². The van der Waals surface area contributed by atoms with Crippen LogP contribution in [0.25, 0.3) is 0 Å². The molecule has 0 atom stereocenters. The van der Waals surface area contributed by atoms with Crippen molar-refractivity contribution >= 4 is 5.69 Å². The van der Waals surface area contributed by atoms with Gasteiger partial charge in [-0.1, -0.05) is 18.2 Å². The number of nitrogens with zero attached hydrogens (tertiary/aromatic N) is 1. The van der Waals surface area contributed by atoms with Crippen LogP contribution in [-0.2, 0) is 6.54 Å². The minimum atomic E-state index is -0.549. The summed E-state index contributed by atoms with van der Waals surface area (Å²) in [6.07, 6.45) is 0.826. The molecule has 2 nitrogen and oxygen atoms in total. The number of hydrogen-bond acceptors (Lipinski definition) is 2. The van der Waals surface area contributed by atoms with Crippen LogP contribution in [0.2, 0.25) is 0 Å². The fourth-order valence-corrected chi connectivity index (χ4v) is 2.14. The minimum absolute atomic E-state index is 0.457. The van der Waals surface area contributed by atoms with Crippen molar-refractivity contribution < 1.29 is 8.78 Å². The first kappa shape index (κ1) is 14.5. The van der Waals surface area contributed by atoms with E-state index in [-0.39, 0.29) is 0 Å². The average Bonchev–Trinajstić information content (AvgIpc) is 2.43. The van der Waals surface area contributed by atoms with Gasteiger partial charge in [0.15, 0.2) is 0 Å². The number of hydrogen-bond donors (Lipinski definition) is 1. The van der Waals surface area contributed by atoms with E-state index >= 15 is 0 Å². The van der Waals surface area contributed by atoms with E-state index in [1.54, 1.807) is 0 Å². The van der Waals surface area contributed by atoms with Crippen LogP contribution in [0.1, 0.15) is 12.0 Å². The third-order valence-electron chi connectivity index (χ3n) is 3.05. The molecule has 0 spiro atoms. The van der Waals surface area contributed by atoms with Crippen LogP contribution in [0, 0.1) is 11.6 Å². The molecule has 2 aromatic rings. The van der Waals surface area contributed by atoms with Gasteiger partial charge in [-0.05, 0) is 42.8 Å². The highest BCUT2D eigenvalue weighted by Crippen LogP contribution is 2.18. The molecule has 0 unspecified atom stereocenters. The van der Waals surface area contributed by atoms with E-state index < -0.39 is 11.6 Å². The molecular formula is C16H18F2N2. The first-order valence-electron chi connectivity index (χ1n) is 6.64. The predicted octanol–water partition coefficient (Wildman–Crippen LogP) is 3.32. The van der Waals surface area contributed by atoms with E-state index in [2.05, 4.69) is 4.90 Å². The Morgan fingerprint density at radius 1 is 0.950 bits per heavy atom. The molecule has 0 aliphatic carbocycles. The zero-order valence-electron chi connectivity index (χ0n) is 11.2. The Bertz CT molecular complexity index is 523. The molecular weight excluding hydrogens is 258 g/mol. The summed E-state index contributed by atoms with van der Waals surface area (Å²) in [5.41, 5.74) is 7.18. The predicted molar refractivity (Wildman–Crippen MR) is 77.5 cm³/mol. The molecule has 0 aliphatic heterocycles. The molecule has 2 rings (SSSR count). The largest absolute Gasteiger partial charge is 0.367 e. The molecule has 0 radical (unpaired) electrons. The first-order chi connectivity index (χ1) is 9.69. The van der Waals surface area contributed by atoms with Crippen LogP contribution in [0.5, 0.6) is 0 Å². The molecule has 0 aromatic heterocycles. The van der Waals surface area contributed by atoms with Crippen molar-refractivity contribution in [2.75, 3.05) is 18.0 Å². The first-order valence-corrected chi connectivity index (χ1v) is 6.64. The zero-order valence-corrected chi connectivity index (χ0v) is 11.2. The lowest BCUT2D eigenvalue weighted by atomic mass is 10.1. The molecule has 4 heteroatoms. The van der Waals surface area contributed by atoms with Crippen LogP contribution < -0.4 is 10.6 Å². The van der Waals surface area contributed by atoms with Crippen molar-refractivity contribution in [3.63, 3.8) is 0 Å². The fourth-order valence-electron chi connectivity index (χ4n) is 2.14.